The molecule has 0 amide bonds. The molecule has 0 saturated heterocycles. The van der Waals surface area contributed by atoms with Crippen LogP contribution in [0, 0.1) is 0 Å². The van der Waals surface area contributed by atoms with Gasteiger partial charge in [-0.05, 0) is 12.1 Å². The van der Waals surface area contributed by atoms with E-state index in [2.05, 4.69) is 15.3 Å². The van der Waals surface area contributed by atoms with E-state index in [9.17, 15) is 0 Å². The Hall–Kier alpha value is -2.10. The molecule has 1 aromatic carbocycles. The maximum absolute atomic E-state index is 5.40. The maximum Gasteiger partial charge on any atom is 0.145 e. The van der Waals surface area contributed by atoms with Crippen molar-refractivity contribution in [3.63, 3.8) is 0 Å². The van der Waals surface area contributed by atoms with E-state index in [1.165, 1.54) is 6.33 Å². The third-order valence-electron chi connectivity index (χ3n) is 2.11. The van der Waals surface area contributed by atoms with Crippen LogP contribution in [0.1, 0.15) is 0 Å². The lowest BCUT2D eigenvalue weighted by atomic mass is 10.2. The van der Waals surface area contributed by atoms with Crippen molar-refractivity contribution in [3.8, 4) is 5.75 Å². The Labute approximate surface area is 80.3 Å². The molecule has 3 rings (SSSR count). The highest BCUT2D eigenvalue weighted by Gasteiger charge is 2.09. The lowest BCUT2D eigenvalue weighted by Gasteiger charge is -2.04. The van der Waals surface area contributed by atoms with Crippen molar-refractivity contribution in [2.75, 3.05) is 5.32 Å². The Kier molecular flexibility index (Phi) is 1.41. The van der Waals surface area contributed by atoms with Crippen LogP contribution in [0.4, 0.5) is 5.82 Å². The number of nitrogens with one attached hydrogen (secondary N) is 1. The van der Waals surface area contributed by atoms with Crippen LogP contribution in [0.3, 0.4) is 0 Å². The van der Waals surface area contributed by atoms with Crippen molar-refractivity contribution < 1.29 is 4.74 Å². The van der Waals surface area contributed by atoms with Crippen LogP contribution in [0.2, 0.25) is 0 Å². The van der Waals surface area contributed by atoms with Gasteiger partial charge in [-0.1, -0.05) is 6.07 Å². The van der Waals surface area contributed by atoms with Gasteiger partial charge in [-0.15, -0.1) is 0 Å². The van der Waals surface area contributed by atoms with Crippen molar-refractivity contribution >= 4 is 16.7 Å². The van der Waals surface area contributed by atoms with Crippen molar-refractivity contribution in [2.45, 2.75) is 0 Å². The van der Waals surface area contributed by atoms with Gasteiger partial charge in [-0.3, -0.25) is 0 Å². The Bertz CT molecular complexity index is 479. The van der Waals surface area contributed by atoms with E-state index in [0.717, 1.165) is 22.5 Å². The fourth-order valence-electron chi connectivity index (χ4n) is 1.51. The van der Waals surface area contributed by atoms with Crippen LogP contribution >= 0.6 is 0 Å². The smallest absolute Gasteiger partial charge is 0.145 e. The number of hydrogen-bond acceptors (Lipinski definition) is 4. The van der Waals surface area contributed by atoms with Gasteiger partial charge < -0.3 is 10.1 Å². The predicted molar refractivity (Wildman–Crippen MR) is 52.9 cm³/mol. The van der Waals surface area contributed by atoms with Crippen molar-refractivity contribution in [3.05, 3.63) is 37.0 Å². The monoisotopic (exact) mass is 185 g/mol. The van der Waals surface area contributed by atoms with E-state index in [4.69, 9.17) is 4.74 Å². The lowest BCUT2D eigenvalue weighted by Crippen LogP contribution is -1.92. The first-order valence-electron chi connectivity index (χ1n) is 4.27. The molecule has 0 bridgehead atoms. The lowest BCUT2D eigenvalue weighted by molar-refractivity contribution is 0.488. The molecule has 1 aliphatic rings. The highest BCUT2D eigenvalue weighted by atomic mass is 16.5. The second-order valence-electron chi connectivity index (χ2n) is 2.94. The van der Waals surface area contributed by atoms with E-state index in [1.54, 1.807) is 12.5 Å². The summed E-state index contributed by atoms with van der Waals surface area (Å²) in [5, 5.41) is 3.95. The molecule has 2 heterocycles. The fraction of sp³-hybridized carbons (Fsp3) is 0. The highest BCUT2D eigenvalue weighted by molar-refractivity contribution is 5.95. The average Bonchev–Trinajstić information content (AvgIpc) is 2.44. The normalized spacial score (nSPS) is 13.1. The molecule has 0 radical (unpaired) electrons. The zero-order valence-corrected chi connectivity index (χ0v) is 7.27. The number of anilines is 1. The second kappa shape index (κ2) is 2.70. The molecule has 0 aliphatic carbocycles. The molecule has 1 aliphatic heterocycles. The van der Waals surface area contributed by atoms with E-state index >= 15 is 0 Å². The van der Waals surface area contributed by atoms with Crippen LogP contribution in [-0.4, -0.2) is 9.97 Å². The van der Waals surface area contributed by atoms with Crippen LogP contribution in [0.25, 0.3) is 10.9 Å². The van der Waals surface area contributed by atoms with Crippen LogP contribution < -0.4 is 10.1 Å². The first-order chi connectivity index (χ1) is 6.95. The summed E-state index contributed by atoms with van der Waals surface area (Å²) in [4.78, 5) is 8.31. The fourth-order valence-corrected chi connectivity index (χ4v) is 1.51. The number of aromatic nitrogens is 2. The summed E-state index contributed by atoms with van der Waals surface area (Å²) in [5.41, 5.74) is 0.878. The van der Waals surface area contributed by atoms with Gasteiger partial charge in [0.15, 0.2) is 0 Å². The van der Waals surface area contributed by atoms with Crippen LogP contribution in [-0.2, 0) is 0 Å². The molecule has 4 heteroatoms. The van der Waals surface area contributed by atoms with E-state index < -0.39 is 0 Å². The minimum absolute atomic E-state index is 0.777. The summed E-state index contributed by atoms with van der Waals surface area (Å²) in [7, 11) is 0. The first kappa shape index (κ1) is 7.32. The molecule has 68 valence electrons. The molecule has 0 fully saturated rings. The molecule has 0 unspecified atom stereocenters. The number of rotatable bonds is 0. The summed E-state index contributed by atoms with van der Waals surface area (Å²) >= 11 is 0. The highest BCUT2D eigenvalue weighted by Crippen LogP contribution is 2.30. The summed E-state index contributed by atoms with van der Waals surface area (Å²) in [6.45, 7) is 0. The first-order valence-corrected chi connectivity index (χ1v) is 4.27. The van der Waals surface area contributed by atoms with Gasteiger partial charge in [0.2, 0.25) is 0 Å². The molecule has 14 heavy (non-hydrogen) atoms. The quantitative estimate of drug-likeness (QED) is 0.681. The number of nitrogens with zero attached hydrogens (tertiary/aromatic N) is 2. The third kappa shape index (κ3) is 0.939. The molecule has 0 atom stereocenters. The summed E-state index contributed by atoms with van der Waals surface area (Å²) in [5.74, 6) is 1.55. The van der Waals surface area contributed by atoms with E-state index in [0.29, 0.717) is 0 Å². The summed E-state index contributed by atoms with van der Waals surface area (Å²) < 4.78 is 5.40. The van der Waals surface area contributed by atoms with Crippen molar-refractivity contribution in [1.82, 2.24) is 9.97 Å². The molecule has 1 aromatic heterocycles. The molecule has 0 spiro atoms. The van der Waals surface area contributed by atoms with Gasteiger partial charge in [0.05, 0.1) is 10.9 Å². The standard InChI is InChI=1S/C10H7N3O/c1-2-7-9-8(3-1)14-5-4-11-10(9)13-6-12-7/h1-6H,(H,11,12,13). The van der Waals surface area contributed by atoms with Gasteiger partial charge in [-0.25, -0.2) is 9.97 Å². The minimum Gasteiger partial charge on any atom is -0.463 e. The Morgan fingerprint density at radius 2 is 2.21 bits per heavy atom. The van der Waals surface area contributed by atoms with Gasteiger partial charge in [0.25, 0.3) is 0 Å². The number of ether oxygens (including phenoxy) is 1. The van der Waals surface area contributed by atoms with Crippen LogP contribution in [0.5, 0.6) is 5.75 Å². The molecule has 2 aromatic rings. The van der Waals surface area contributed by atoms with Gasteiger partial charge in [0, 0.05) is 6.20 Å². The molecular formula is C10H7N3O. The number of hydrogen-bond donors (Lipinski definition) is 1. The number of benzene rings is 1. The third-order valence-corrected chi connectivity index (χ3v) is 2.11. The topological polar surface area (TPSA) is 47.0 Å². The zero-order chi connectivity index (χ0) is 9.38. The second-order valence-corrected chi connectivity index (χ2v) is 2.94. The Morgan fingerprint density at radius 3 is 3.21 bits per heavy atom. The van der Waals surface area contributed by atoms with E-state index in [1.807, 2.05) is 18.2 Å². The van der Waals surface area contributed by atoms with E-state index in [-0.39, 0.29) is 0 Å². The Balaban J connectivity index is 2.46. The van der Waals surface area contributed by atoms with Crippen molar-refractivity contribution in [2.24, 2.45) is 0 Å². The summed E-state index contributed by atoms with van der Waals surface area (Å²) in [6, 6.07) is 5.74. The van der Waals surface area contributed by atoms with Gasteiger partial charge >= 0.3 is 0 Å². The maximum atomic E-state index is 5.40. The van der Waals surface area contributed by atoms with Crippen molar-refractivity contribution in [1.29, 1.82) is 0 Å². The minimum atomic E-state index is 0.777. The molecule has 0 saturated carbocycles. The zero-order valence-electron chi connectivity index (χ0n) is 7.27. The van der Waals surface area contributed by atoms with Gasteiger partial charge in [0.1, 0.15) is 24.2 Å². The largest absolute Gasteiger partial charge is 0.463 e. The molecule has 4 nitrogen and oxygen atoms in total. The molecular weight excluding hydrogens is 178 g/mol. The van der Waals surface area contributed by atoms with Gasteiger partial charge in [-0.2, -0.15) is 0 Å². The van der Waals surface area contributed by atoms with Crippen LogP contribution in [0.15, 0.2) is 37.0 Å². The molecule has 1 N–H and O–H groups in total. The average molecular weight is 185 g/mol. The summed E-state index contributed by atoms with van der Waals surface area (Å²) in [6.07, 6.45) is 4.84. The SMILES string of the molecule is C1=COc2cccc3ncnc(c23)N1. The predicted octanol–water partition coefficient (Wildman–Crippen LogP) is 1.91. The Morgan fingerprint density at radius 1 is 1.21 bits per heavy atom.